The Morgan fingerprint density at radius 2 is 2.00 bits per heavy atom. The van der Waals surface area contributed by atoms with Gasteiger partial charge in [-0.25, -0.2) is 8.78 Å². The highest BCUT2D eigenvalue weighted by Crippen LogP contribution is 2.51. The molecule has 2 atom stereocenters. The van der Waals surface area contributed by atoms with Crippen molar-refractivity contribution in [2.24, 2.45) is 17.3 Å². The van der Waals surface area contributed by atoms with Crippen molar-refractivity contribution in [3.05, 3.63) is 0 Å². The summed E-state index contributed by atoms with van der Waals surface area (Å²) in [6, 6.07) is 0. The van der Waals surface area contributed by atoms with Gasteiger partial charge in [-0.1, -0.05) is 6.92 Å². The van der Waals surface area contributed by atoms with E-state index in [9.17, 15) is 8.78 Å². The number of nitrogens with one attached hydrogen (secondary N) is 1. The first-order valence-electron chi connectivity index (χ1n) is 6.98. The van der Waals surface area contributed by atoms with Crippen LogP contribution < -0.4 is 5.32 Å². The Morgan fingerprint density at radius 1 is 1.29 bits per heavy atom. The summed E-state index contributed by atoms with van der Waals surface area (Å²) in [4.78, 5) is 0. The van der Waals surface area contributed by atoms with Gasteiger partial charge in [-0.05, 0) is 56.4 Å². The minimum atomic E-state index is -2.40. The SMILES string of the molecule is CNCC(C)(CC1CCCC(F)(F)C1)C1CC1. The van der Waals surface area contributed by atoms with Gasteiger partial charge in [0.25, 0.3) is 0 Å². The highest BCUT2D eigenvalue weighted by atomic mass is 19.3. The third-order valence-electron chi connectivity index (χ3n) is 4.64. The minimum Gasteiger partial charge on any atom is -0.319 e. The van der Waals surface area contributed by atoms with Gasteiger partial charge >= 0.3 is 0 Å². The van der Waals surface area contributed by atoms with E-state index in [1.54, 1.807) is 0 Å². The van der Waals surface area contributed by atoms with Crippen LogP contribution in [0.2, 0.25) is 0 Å². The molecule has 2 saturated carbocycles. The molecule has 0 aromatic heterocycles. The zero-order valence-electron chi connectivity index (χ0n) is 11.1. The van der Waals surface area contributed by atoms with Crippen LogP contribution in [0.25, 0.3) is 0 Å². The lowest BCUT2D eigenvalue weighted by Crippen LogP contribution is -2.36. The highest BCUT2D eigenvalue weighted by Gasteiger charge is 2.45. The molecule has 0 spiro atoms. The molecule has 0 bridgehead atoms. The predicted octanol–water partition coefficient (Wildman–Crippen LogP) is 3.84. The lowest BCUT2D eigenvalue weighted by atomic mass is 9.72. The summed E-state index contributed by atoms with van der Waals surface area (Å²) < 4.78 is 26.8. The van der Waals surface area contributed by atoms with Crippen molar-refractivity contribution in [3.8, 4) is 0 Å². The average molecular weight is 245 g/mol. The molecule has 0 saturated heterocycles. The van der Waals surface area contributed by atoms with Crippen molar-refractivity contribution >= 4 is 0 Å². The Balaban J connectivity index is 1.93. The van der Waals surface area contributed by atoms with Crippen molar-refractivity contribution in [1.82, 2.24) is 5.32 Å². The molecule has 0 radical (unpaired) electrons. The maximum atomic E-state index is 13.4. The quantitative estimate of drug-likeness (QED) is 0.776. The Bertz CT molecular complexity index is 263. The Hall–Kier alpha value is -0.180. The van der Waals surface area contributed by atoms with Crippen LogP contribution in [0.1, 0.15) is 51.9 Å². The van der Waals surface area contributed by atoms with E-state index in [0.717, 1.165) is 25.3 Å². The van der Waals surface area contributed by atoms with Crippen molar-refractivity contribution in [3.63, 3.8) is 0 Å². The minimum absolute atomic E-state index is 0.107. The molecule has 1 N–H and O–H groups in total. The van der Waals surface area contributed by atoms with E-state index in [2.05, 4.69) is 12.2 Å². The number of alkyl halides is 2. The Morgan fingerprint density at radius 3 is 2.53 bits per heavy atom. The van der Waals surface area contributed by atoms with E-state index in [1.807, 2.05) is 7.05 Å². The fraction of sp³-hybridized carbons (Fsp3) is 1.00. The zero-order chi connectivity index (χ0) is 12.5. The van der Waals surface area contributed by atoms with E-state index in [0.29, 0.717) is 6.42 Å². The maximum Gasteiger partial charge on any atom is 0.248 e. The van der Waals surface area contributed by atoms with Crippen molar-refractivity contribution in [2.75, 3.05) is 13.6 Å². The molecule has 17 heavy (non-hydrogen) atoms. The van der Waals surface area contributed by atoms with Gasteiger partial charge < -0.3 is 5.32 Å². The van der Waals surface area contributed by atoms with Gasteiger partial charge in [-0.15, -0.1) is 0 Å². The van der Waals surface area contributed by atoms with Crippen molar-refractivity contribution < 1.29 is 8.78 Å². The molecular weight excluding hydrogens is 220 g/mol. The molecule has 100 valence electrons. The Kier molecular flexibility index (Phi) is 3.77. The van der Waals surface area contributed by atoms with Crippen LogP contribution in [0, 0.1) is 17.3 Å². The van der Waals surface area contributed by atoms with E-state index in [4.69, 9.17) is 0 Å². The first-order valence-corrected chi connectivity index (χ1v) is 6.98. The fourth-order valence-electron chi connectivity index (χ4n) is 3.68. The lowest BCUT2D eigenvalue weighted by Gasteiger charge is -2.37. The van der Waals surface area contributed by atoms with Crippen molar-refractivity contribution in [1.29, 1.82) is 0 Å². The molecule has 1 nitrogen and oxygen atoms in total. The van der Waals surface area contributed by atoms with Crippen LogP contribution in [-0.4, -0.2) is 19.5 Å². The fourth-order valence-corrected chi connectivity index (χ4v) is 3.68. The first-order chi connectivity index (χ1) is 7.95. The third-order valence-corrected chi connectivity index (χ3v) is 4.64. The molecule has 3 heteroatoms. The molecule has 2 aliphatic rings. The van der Waals surface area contributed by atoms with Crippen LogP contribution in [0.5, 0.6) is 0 Å². The molecular formula is C14H25F2N. The second-order valence-electron chi connectivity index (χ2n) is 6.48. The average Bonchev–Trinajstić information content (AvgIpc) is 2.98. The molecule has 2 rings (SSSR count). The molecule has 2 aliphatic carbocycles. The van der Waals surface area contributed by atoms with Gasteiger partial charge in [-0.3, -0.25) is 0 Å². The number of halogens is 2. The summed E-state index contributed by atoms with van der Waals surface area (Å²) in [6.45, 7) is 3.26. The van der Waals surface area contributed by atoms with Crippen LogP contribution >= 0.6 is 0 Å². The normalized spacial score (nSPS) is 32.1. The van der Waals surface area contributed by atoms with Gasteiger partial charge in [0.15, 0.2) is 0 Å². The summed E-state index contributed by atoms with van der Waals surface area (Å²) in [6.07, 6.45) is 5.50. The van der Waals surface area contributed by atoms with Gasteiger partial charge in [0.1, 0.15) is 0 Å². The summed E-state index contributed by atoms with van der Waals surface area (Å²) in [5.41, 5.74) is 0.243. The topological polar surface area (TPSA) is 12.0 Å². The van der Waals surface area contributed by atoms with E-state index >= 15 is 0 Å². The predicted molar refractivity (Wildman–Crippen MR) is 66.3 cm³/mol. The van der Waals surface area contributed by atoms with E-state index in [-0.39, 0.29) is 24.2 Å². The largest absolute Gasteiger partial charge is 0.319 e. The smallest absolute Gasteiger partial charge is 0.248 e. The highest BCUT2D eigenvalue weighted by molar-refractivity contribution is 4.95. The molecule has 0 aliphatic heterocycles. The number of rotatable bonds is 5. The summed E-state index contributed by atoms with van der Waals surface area (Å²) >= 11 is 0. The second-order valence-corrected chi connectivity index (χ2v) is 6.48. The number of hydrogen-bond donors (Lipinski definition) is 1. The molecule has 0 aromatic rings. The second kappa shape index (κ2) is 4.83. The van der Waals surface area contributed by atoms with Crippen LogP contribution in [0.3, 0.4) is 0 Å². The lowest BCUT2D eigenvalue weighted by molar-refractivity contribution is -0.0598. The van der Waals surface area contributed by atoms with Gasteiger partial charge in [0, 0.05) is 19.4 Å². The van der Waals surface area contributed by atoms with Crippen LogP contribution in [0.15, 0.2) is 0 Å². The molecule has 2 fully saturated rings. The van der Waals surface area contributed by atoms with Crippen LogP contribution in [-0.2, 0) is 0 Å². The number of hydrogen-bond acceptors (Lipinski definition) is 1. The maximum absolute atomic E-state index is 13.4. The standard InChI is InChI=1S/C14H25F2N/c1-13(10-17-2,12-5-6-12)8-11-4-3-7-14(15,16)9-11/h11-12,17H,3-10H2,1-2H3. The molecule has 0 aromatic carbocycles. The molecule has 2 unspecified atom stereocenters. The van der Waals surface area contributed by atoms with Crippen molar-refractivity contribution in [2.45, 2.75) is 57.8 Å². The van der Waals surface area contributed by atoms with Gasteiger partial charge in [0.2, 0.25) is 5.92 Å². The van der Waals surface area contributed by atoms with Gasteiger partial charge in [0.05, 0.1) is 0 Å². The Labute approximate surface area is 103 Å². The summed E-state index contributed by atoms with van der Waals surface area (Å²) in [5.74, 6) is -1.39. The molecule has 0 amide bonds. The summed E-state index contributed by atoms with van der Waals surface area (Å²) in [5, 5.41) is 3.25. The van der Waals surface area contributed by atoms with E-state index in [1.165, 1.54) is 12.8 Å². The third kappa shape index (κ3) is 3.40. The monoisotopic (exact) mass is 245 g/mol. The van der Waals surface area contributed by atoms with Gasteiger partial charge in [-0.2, -0.15) is 0 Å². The molecule has 0 heterocycles. The summed E-state index contributed by atoms with van der Waals surface area (Å²) in [7, 11) is 1.97. The van der Waals surface area contributed by atoms with E-state index < -0.39 is 5.92 Å². The first kappa shape index (κ1) is 13.3. The zero-order valence-corrected chi connectivity index (χ0v) is 11.1. The van der Waals surface area contributed by atoms with Crippen LogP contribution in [0.4, 0.5) is 8.78 Å².